The van der Waals surface area contributed by atoms with Crippen molar-refractivity contribution in [1.82, 2.24) is 14.9 Å². The van der Waals surface area contributed by atoms with Gasteiger partial charge < -0.3 is 15.2 Å². The molecule has 7 nitrogen and oxygen atoms in total. The van der Waals surface area contributed by atoms with Gasteiger partial charge in [-0.3, -0.25) is 14.4 Å². The molecule has 33 heavy (non-hydrogen) atoms. The van der Waals surface area contributed by atoms with Crippen LogP contribution < -0.4 is 10.9 Å². The molecule has 1 saturated heterocycles. The van der Waals surface area contributed by atoms with Gasteiger partial charge in [0.2, 0.25) is 5.91 Å². The predicted octanol–water partition coefficient (Wildman–Crippen LogP) is 3.42. The summed E-state index contributed by atoms with van der Waals surface area (Å²) in [7, 11) is 0. The maximum Gasteiger partial charge on any atom is 0.254 e. The van der Waals surface area contributed by atoms with E-state index >= 15 is 0 Å². The summed E-state index contributed by atoms with van der Waals surface area (Å²) in [5, 5.41) is 2.68. The lowest BCUT2D eigenvalue weighted by Gasteiger charge is -2.32. The maximum atomic E-state index is 14.3. The minimum atomic E-state index is -0.601. The molecule has 0 radical (unpaired) electrons. The number of rotatable bonds is 5. The topological polar surface area (TPSA) is 95.2 Å². The number of halogens is 1. The van der Waals surface area contributed by atoms with E-state index in [4.69, 9.17) is 0 Å². The summed E-state index contributed by atoms with van der Waals surface area (Å²) >= 11 is 0. The first-order chi connectivity index (χ1) is 15.9. The van der Waals surface area contributed by atoms with Crippen LogP contribution in [0.4, 0.5) is 10.1 Å². The van der Waals surface area contributed by atoms with Gasteiger partial charge in [0.15, 0.2) is 0 Å². The third-order valence-corrected chi connectivity index (χ3v) is 5.64. The van der Waals surface area contributed by atoms with E-state index in [-0.39, 0.29) is 41.0 Å². The molecule has 1 atom stereocenters. The molecule has 2 heterocycles. The Bertz CT molecular complexity index is 1230. The van der Waals surface area contributed by atoms with Gasteiger partial charge in [-0.2, -0.15) is 0 Å². The van der Waals surface area contributed by atoms with E-state index in [1.807, 2.05) is 30.3 Å². The third-order valence-electron chi connectivity index (χ3n) is 5.64. The van der Waals surface area contributed by atoms with Crippen LogP contribution in [-0.4, -0.2) is 39.8 Å². The SMILES string of the molecule is Cc1nc(C2CCCN(C(=O)c3cc(F)cc(NC(=O)Cc4ccccc4)c3)C2)cc(=O)[nH]1. The number of aryl methyl sites for hydroxylation is 1. The second-order valence-electron chi connectivity index (χ2n) is 8.29. The van der Waals surface area contributed by atoms with E-state index in [0.717, 1.165) is 18.4 Å². The molecule has 2 aromatic carbocycles. The van der Waals surface area contributed by atoms with Crippen LogP contribution in [0.3, 0.4) is 0 Å². The summed E-state index contributed by atoms with van der Waals surface area (Å²) in [4.78, 5) is 46.0. The summed E-state index contributed by atoms with van der Waals surface area (Å²) < 4.78 is 14.3. The summed E-state index contributed by atoms with van der Waals surface area (Å²) in [5.41, 5.74) is 1.68. The highest BCUT2D eigenvalue weighted by atomic mass is 19.1. The lowest BCUT2D eigenvalue weighted by Crippen LogP contribution is -2.39. The van der Waals surface area contributed by atoms with Crippen molar-refractivity contribution in [2.45, 2.75) is 32.1 Å². The van der Waals surface area contributed by atoms with E-state index in [2.05, 4.69) is 15.3 Å². The molecule has 1 fully saturated rings. The maximum absolute atomic E-state index is 14.3. The minimum absolute atomic E-state index is 0.0673. The van der Waals surface area contributed by atoms with E-state index in [1.54, 1.807) is 11.8 Å². The number of nitrogens with one attached hydrogen (secondary N) is 2. The Labute approximate surface area is 190 Å². The molecule has 0 aliphatic carbocycles. The summed E-state index contributed by atoms with van der Waals surface area (Å²) in [6, 6.07) is 14.6. The van der Waals surface area contributed by atoms with Crippen LogP contribution in [0, 0.1) is 12.7 Å². The average Bonchev–Trinajstić information content (AvgIpc) is 2.78. The fourth-order valence-electron chi connectivity index (χ4n) is 4.17. The molecule has 1 aliphatic heterocycles. The number of benzene rings is 2. The van der Waals surface area contributed by atoms with E-state index in [0.29, 0.717) is 24.6 Å². The van der Waals surface area contributed by atoms with Crippen molar-refractivity contribution in [2.24, 2.45) is 0 Å². The van der Waals surface area contributed by atoms with Crippen molar-refractivity contribution in [2.75, 3.05) is 18.4 Å². The molecule has 0 saturated carbocycles. The third kappa shape index (κ3) is 5.71. The minimum Gasteiger partial charge on any atom is -0.338 e. The average molecular weight is 448 g/mol. The highest BCUT2D eigenvalue weighted by Gasteiger charge is 2.27. The van der Waals surface area contributed by atoms with Crippen molar-refractivity contribution in [3.8, 4) is 0 Å². The van der Waals surface area contributed by atoms with Crippen molar-refractivity contribution < 1.29 is 14.0 Å². The van der Waals surface area contributed by atoms with Gasteiger partial charge in [0.1, 0.15) is 11.6 Å². The number of nitrogens with zero attached hydrogens (tertiary/aromatic N) is 2. The highest BCUT2D eigenvalue weighted by molar-refractivity contribution is 5.97. The smallest absolute Gasteiger partial charge is 0.254 e. The zero-order chi connectivity index (χ0) is 23.4. The van der Waals surface area contributed by atoms with Gasteiger partial charge in [0.25, 0.3) is 11.5 Å². The van der Waals surface area contributed by atoms with Gasteiger partial charge in [0.05, 0.1) is 12.1 Å². The number of carbonyl (C=O) groups is 2. The molecule has 2 N–H and O–H groups in total. The van der Waals surface area contributed by atoms with Crippen molar-refractivity contribution >= 4 is 17.5 Å². The molecular formula is C25H25FN4O3. The van der Waals surface area contributed by atoms with Crippen molar-refractivity contribution in [3.63, 3.8) is 0 Å². The van der Waals surface area contributed by atoms with Gasteiger partial charge in [-0.05, 0) is 43.5 Å². The second-order valence-corrected chi connectivity index (χ2v) is 8.29. The van der Waals surface area contributed by atoms with Gasteiger partial charge in [-0.15, -0.1) is 0 Å². The lowest BCUT2D eigenvalue weighted by molar-refractivity contribution is -0.115. The molecule has 2 amide bonds. The lowest BCUT2D eigenvalue weighted by atomic mass is 9.94. The van der Waals surface area contributed by atoms with Crippen LogP contribution >= 0.6 is 0 Å². The monoisotopic (exact) mass is 448 g/mol. The van der Waals surface area contributed by atoms with Crippen LogP contribution in [0.15, 0.2) is 59.4 Å². The van der Waals surface area contributed by atoms with Crippen LogP contribution in [0.2, 0.25) is 0 Å². The number of aromatic nitrogens is 2. The molecule has 0 spiro atoms. The molecule has 170 valence electrons. The largest absolute Gasteiger partial charge is 0.338 e. The summed E-state index contributed by atoms with van der Waals surface area (Å²) in [5.74, 6) is -0.751. The number of hydrogen-bond donors (Lipinski definition) is 2. The first-order valence-corrected chi connectivity index (χ1v) is 10.9. The van der Waals surface area contributed by atoms with Crippen LogP contribution in [0.5, 0.6) is 0 Å². The van der Waals surface area contributed by atoms with E-state index in [9.17, 15) is 18.8 Å². The number of anilines is 1. The number of aromatic amines is 1. The Morgan fingerprint density at radius 1 is 1.18 bits per heavy atom. The zero-order valence-electron chi connectivity index (χ0n) is 18.3. The fraction of sp³-hybridized carbons (Fsp3) is 0.280. The molecule has 1 aromatic heterocycles. The first-order valence-electron chi connectivity index (χ1n) is 10.9. The first kappa shape index (κ1) is 22.4. The van der Waals surface area contributed by atoms with E-state index in [1.165, 1.54) is 24.3 Å². The quantitative estimate of drug-likeness (QED) is 0.625. The fourth-order valence-corrected chi connectivity index (χ4v) is 4.17. The Morgan fingerprint density at radius 3 is 2.73 bits per heavy atom. The van der Waals surface area contributed by atoms with Gasteiger partial charge in [-0.25, -0.2) is 9.37 Å². The molecule has 1 unspecified atom stereocenters. The molecule has 0 bridgehead atoms. The Morgan fingerprint density at radius 2 is 1.97 bits per heavy atom. The molecule has 1 aliphatic rings. The van der Waals surface area contributed by atoms with Gasteiger partial charge >= 0.3 is 0 Å². The van der Waals surface area contributed by atoms with Crippen LogP contribution in [-0.2, 0) is 11.2 Å². The number of H-pyrrole nitrogens is 1. The predicted molar refractivity (Wildman–Crippen MR) is 123 cm³/mol. The summed E-state index contributed by atoms with van der Waals surface area (Å²) in [6.07, 6.45) is 1.71. The van der Waals surface area contributed by atoms with Crippen molar-refractivity contribution in [1.29, 1.82) is 0 Å². The van der Waals surface area contributed by atoms with Crippen LogP contribution in [0.1, 0.15) is 46.2 Å². The summed E-state index contributed by atoms with van der Waals surface area (Å²) in [6.45, 7) is 2.64. The Balaban J connectivity index is 1.47. The normalized spacial score (nSPS) is 15.8. The highest BCUT2D eigenvalue weighted by Crippen LogP contribution is 2.27. The molecule has 8 heteroatoms. The van der Waals surface area contributed by atoms with Crippen molar-refractivity contribution in [3.05, 3.63) is 93.4 Å². The number of likely N-dealkylation sites (tertiary alicyclic amines) is 1. The molecule has 4 rings (SSSR count). The second kappa shape index (κ2) is 9.77. The zero-order valence-corrected chi connectivity index (χ0v) is 18.3. The Kier molecular flexibility index (Phi) is 6.63. The van der Waals surface area contributed by atoms with E-state index < -0.39 is 5.82 Å². The van der Waals surface area contributed by atoms with Gasteiger partial charge in [-0.1, -0.05) is 30.3 Å². The van der Waals surface area contributed by atoms with Gasteiger partial charge in [0, 0.05) is 36.3 Å². The Hall–Kier alpha value is -3.81. The van der Waals surface area contributed by atoms with Crippen LogP contribution in [0.25, 0.3) is 0 Å². The number of piperidine rings is 1. The number of hydrogen-bond acceptors (Lipinski definition) is 4. The number of carbonyl (C=O) groups excluding carboxylic acids is 2. The molecular weight excluding hydrogens is 423 g/mol. The molecule has 3 aromatic rings. The number of amides is 2. The standard InChI is InChI=1S/C25H25FN4O3/c1-16-27-22(14-24(32)28-16)18-8-5-9-30(15-18)25(33)19-11-20(26)13-21(12-19)29-23(31)10-17-6-3-2-4-7-17/h2-4,6-7,11-14,18H,5,8-10,15H2,1H3,(H,29,31)(H,27,28,32).